The molecule has 0 unspecified atom stereocenters. The van der Waals surface area contributed by atoms with E-state index in [9.17, 15) is 9.59 Å². The Bertz CT molecular complexity index is 757. The Labute approximate surface area is 145 Å². The first-order valence-corrected chi connectivity index (χ1v) is 7.51. The highest BCUT2D eigenvalue weighted by molar-refractivity contribution is 5.96. The number of hydrogen-bond donors (Lipinski definition) is 2. The van der Waals surface area contributed by atoms with Gasteiger partial charge in [-0.2, -0.15) is 5.10 Å². The van der Waals surface area contributed by atoms with E-state index in [0.717, 1.165) is 5.56 Å². The van der Waals surface area contributed by atoms with Gasteiger partial charge < -0.3 is 14.8 Å². The summed E-state index contributed by atoms with van der Waals surface area (Å²) in [5.41, 5.74) is 3.51. The molecule has 2 aromatic rings. The lowest BCUT2D eigenvalue weighted by atomic mass is 10.2. The van der Waals surface area contributed by atoms with Crippen molar-refractivity contribution in [1.29, 1.82) is 0 Å². The molecule has 2 aromatic carbocycles. The van der Waals surface area contributed by atoms with Gasteiger partial charge in [-0.15, -0.1) is 0 Å². The van der Waals surface area contributed by atoms with Gasteiger partial charge in [0.2, 0.25) is 0 Å². The maximum absolute atomic E-state index is 11.9. The molecular weight excluding hydrogens is 322 g/mol. The molecule has 0 spiro atoms. The van der Waals surface area contributed by atoms with Gasteiger partial charge >= 0.3 is 0 Å². The van der Waals surface area contributed by atoms with E-state index in [2.05, 4.69) is 15.8 Å². The number of hydrogen-bond acceptors (Lipinski definition) is 5. The molecule has 0 saturated carbocycles. The van der Waals surface area contributed by atoms with Crippen LogP contribution in [-0.4, -0.2) is 38.8 Å². The van der Waals surface area contributed by atoms with Crippen LogP contribution in [0.4, 0.5) is 0 Å². The minimum Gasteiger partial charge on any atom is -0.497 e. The largest absolute Gasteiger partial charge is 0.497 e. The number of rotatable bonds is 7. The molecule has 7 nitrogen and oxygen atoms in total. The lowest BCUT2D eigenvalue weighted by Gasteiger charge is -2.06. The fourth-order valence-corrected chi connectivity index (χ4v) is 1.99. The molecule has 0 aliphatic rings. The van der Waals surface area contributed by atoms with Crippen LogP contribution in [0.3, 0.4) is 0 Å². The molecule has 2 amide bonds. The fraction of sp³-hybridized carbons (Fsp3) is 0.167. The lowest BCUT2D eigenvalue weighted by Crippen LogP contribution is -2.34. The van der Waals surface area contributed by atoms with Crippen molar-refractivity contribution in [2.24, 2.45) is 5.10 Å². The van der Waals surface area contributed by atoms with Crippen molar-refractivity contribution in [2.75, 3.05) is 20.8 Å². The molecule has 0 fully saturated rings. The van der Waals surface area contributed by atoms with E-state index in [-0.39, 0.29) is 12.5 Å². The Morgan fingerprint density at radius 2 is 1.76 bits per heavy atom. The molecule has 2 rings (SSSR count). The van der Waals surface area contributed by atoms with E-state index in [1.807, 2.05) is 12.1 Å². The van der Waals surface area contributed by atoms with E-state index >= 15 is 0 Å². The molecule has 0 aromatic heterocycles. The summed E-state index contributed by atoms with van der Waals surface area (Å²) in [6.07, 6.45) is 1.47. The van der Waals surface area contributed by atoms with Gasteiger partial charge in [0.25, 0.3) is 11.8 Å². The zero-order valence-corrected chi connectivity index (χ0v) is 14.0. The number of hydrazone groups is 1. The van der Waals surface area contributed by atoms with Crippen LogP contribution in [0.1, 0.15) is 15.9 Å². The third-order valence-corrected chi connectivity index (χ3v) is 3.29. The Morgan fingerprint density at radius 3 is 2.44 bits per heavy atom. The number of amides is 2. The van der Waals surface area contributed by atoms with Gasteiger partial charge in [-0.25, -0.2) is 5.43 Å². The normalized spacial score (nSPS) is 10.3. The molecule has 0 saturated heterocycles. The number of methoxy groups -OCH3 is 2. The number of carbonyl (C=O) groups is 2. The summed E-state index contributed by atoms with van der Waals surface area (Å²) in [6.45, 7) is -0.186. The second kappa shape index (κ2) is 9.07. The van der Waals surface area contributed by atoms with Gasteiger partial charge in [-0.05, 0) is 36.4 Å². The Hall–Kier alpha value is -3.35. The van der Waals surface area contributed by atoms with Crippen LogP contribution in [0.15, 0.2) is 53.6 Å². The van der Waals surface area contributed by atoms with Crippen LogP contribution in [0, 0.1) is 0 Å². The Morgan fingerprint density at radius 1 is 1.04 bits per heavy atom. The van der Waals surface area contributed by atoms with Crippen LogP contribution >= 0.6 is 0 Å². The highest BCUT2D eigenvalue weighted by Crippen LogP contribution is 2.14. The van der Waals surface area contributed by atoms with Crippen LogP contribution in [-0.2, 0) is 4.79 Å². The molecule has 0 radical (unpaired) electrons. The van der Waals surface area contributed by atoms with Gasteiger partial charge in [-0.3, -0.25) is 9.59 Å². The Balaban J connectivity index is 1.81. The third-order valence-electron chi connectivity index (χ3n) is 3.29. The maximum atomic E-state index is 11.9. The Kier molecular flexibility index (Phi) is 6.53. The number of ether oxygens (including phenoxy) is 2. The van der Waals surface area contributed by atoms with Crippen LogP contribution in [0.5, 0.6) is 11.5 Å². The first-order chi connectivity index (χ1) is 12.1. The van der Waals surface area contributed by atoms with Gasteiger partial charge in [0.1, 0.15) is 11.5 Å². The summed E-state index contributed by atoms with van der Waals surface area (Å²) in [6, 6.07) is 13.8. The van der Waals surface area contributed by atoms with Crippen molar-refractivity contribution in [1.82, 2.24) is 10.7 Å². The van der Waals surface area contributed by atoms with Crippen molar-refractivity contribution in [3.63, 3.8) is 0 Å². The first-order valence-electron chi connectivity index (χ1n) is 7.51. The number of para-hydroxylation sites is 1. The predicted molar refractivity (Wildman–Crippen MR) is 94.1 cm³/mol. The summed E-state index contributed by atoms with van der Waals surface area (Å²) in [5.74, 6) is 0.507. The minimum atomic E-state index is -0.437. The molecular formula is C18H19N3O4. The quantitative estimate of drug-likeness (QED) is 0.591. The molecule has 2 N–H and O–H groups in total. The summed E-state index contributed by atoms with van der Waals surface area (Å²) in [4.78, 5) is 23.7. The van der Waals surface area contributed by atoms with Crippen molar-refractivity contribution >= 4 is 18.0 Å². The highest BCUT2D eigenvalue weighted by Gasteiger charge is 2.07. The summed E-state index contributed by atoms with van der Waals surface area (Å²) in [7, 11) is 3.10. The van der Waals surface area contributed by atoms with Crippen molar-refractivity contribution in [2.45, 2.75) is 0 Å². The van der Waals surface area contributed by atoms with E-state index in [0.29, 0.717) is 17.1 Å². The number of nitrogens with zero attached hydrogens (tertiary/aromatic N) is 1. The number of nitrogens with one attached hydrogen (secondary N) is 2. The monoisotopic (exact) mass is 341 g/mol. The number of benzene rings is 2. The van der Waals surface area contributed by atoms with E-state index in [1.165, 1.54) is 6.21 Å². The zero-order chi connectivity index (χ0) is 18.1. The lowest BCUT2D eigenvalue weighted by molar-refractivity contribution is -0.120. The van der Waals surface area contributed by atoms with Crippen molar-refractivity contribution in [3.05, 3.63) is 59.7 Å². The van der Waals surface area contributed by atoms with Crippen LogP contribution in [0.2, 0.25) is 0 Å². The van der Waals surface area contributed by atoms with Gasteiger partial charge in [0.15, 0.2) is 0 Å². The molecule has 0 bridgehead atoms. The topological polar surface area (TPSA) is 89.0 Å². The fourth-order valence-electron chi connectivity index (χ4n) is 1.99. The second-order valence-corrected chi connectivity index (χ2v) is 4.95. The van der Waals surface area contributed by atoms with Gasteiger partial charge in [0.05, 0.1) is 27.0 Å². The molecule has 25 heavy (non-hydrogen) atoms. The summed E-state index contributed by atoms with van der Waals surface area (Å²) >= 11 is 0. The molecule has 0 aliphatic heterocycles. The maximum Gasteiger partial charge on any atom is 0.259 e. The average molecular weight is 341 g/mol. The van der Waals surface area contributed by atoms with Crippen molar-refractivity contribution < 1.29 is 19.1 Å². The summed E-state index contributed by atoms with van der Waals surface area (Å²) < 4.78 is 10.2. The van der Waals surface area contributed by atoms with Gasteiger partial charge in [0, 0.05) is 11.1 Å². The second-order valence-electron chi connectivity index (χ2n) is 4.95. The smallest absolute Gasteiger partial charge is 0.259 e. The number of carbonyl (C=O) groups excluding carboxylic acids is 2. The highest BCUT2D eigenvalue weighted by atomic mass is 16.5. The molecule has 130 valence electrons. The molecule has 0 heterocycles. The molecule has 7 heteroatoms. The predicted octanol–water partition coefficient (Wildman–Crippen LogP) is 1.58. The third kappa shape index (κ3) is 5.35. The first kappa shape index (κ1) is 18.0. The molecule has 0 aliphatic carbocycles. The minimum absolute atomic E-state index is 0.186. The molecule has 0 atom stereocenters. The van der Waals surface area contributed by atoms with Crippen molar-refractivity contribution in [3.8, 4) is 11.5 Å². The summed E-state index contributed by atoms with van der Waals surface area (Å²) in [5, 5.41) is 6.37. The van der Waals surface area contributed by atoms with Crippen LogP contribution < -0.4 is 20.2 Å². The van der Waals surface area contributed by atoms with Crippen LogP contribution in [0.25, 0.3) is 0 Å². The van der Waals surface area contributed by atoms with Gasteiger partial charge in [-0.1, -0.05) is 12.1 Å². The van der Waals surface area contributed by atoms with E-state index in [1.54, 1.807) is 50.6 Å². The standard InChI is InChI=1S/C18H19N3O4/c1-24-15-9-7-13(8-10-15)18(23)19-12-17(22)21-20-11-14-5-3-4-6-16(14)25-2/h3-11H,12H2,1-2H3,(H,19,23)(H,21,22)/b20-11-. The van der Waals surface area contributed by atoms with E-state index < -0.39 is 5.91 Å². The zero-order valence-electron chi connectivity index (χ0n) is 14.0. The SMILES string of the molecule is COc1ccc(C(=O)NCC(=O)N/N=C\c2ccccc2OC)cc1. The average Bonchev–Trinajstić information content (AvgIpc) is 2.66. The van der Waals surface area contributed by atoms with E-state index in [4.69, 9.17) is 9.47 Å².